The fourth-order valence-corrected chi connectivity index (χ4v) is 5.28. The highest BCUT2D eigenvalue weighted by molar-refractivity contribution is 8.00. The largest absolute Gasteiger partial charge is 0.362 e. The molecule has 9 heteroatoms. The van der Waals surface area contributed by atoms with E-state index in [1.54, 1.807) is 50.3 Å². The van der Waals surface area contributed by atoms with Crippen LogP contribution < -0.4 is 0 Å². The van der Waals surface area contributed by atoms with Crippen molar-refractivity contribution in [3.8, 4) is 0 Å². The highest BCUT2D eigenvalue weighted by atomic mass is 32.3. The lowest BCUT2D eigenvalue weighted by Crippen LogP contribution is -2.40. The van der Waals surface area contributed by atoms with Crippen LogP contribution in [0.3, 0.4) is 0 Å². The Bertz CT molecular complexity index is 785. The molecule has 1 aromatic carbocycles. The third-order valence-corrected chi connectivity index (χ3v) is 7.04. The molecular weight excluding hydrogens is 340 g/mol. The molecular formula is C14H20N2O5S2. The van der Waals surface area contributed by atoms with Crippen LogP contribution in [0, 0.1) is 6.92 Å². The zero-order valence-corrected chi connectivity index (χ0v) is 14.8. The predicted octanol–water partition coefficient (Wildman–Crippen LogP) is 1.44. The van der Waals surface area contributed by atoms with Gasteiger partial charge in [-0.2, -0.15) is 16.8 Å². The van der Waals surface area contributed by atoms with Crippen molar-refractivity contribution in [3.05, 3.63) is 42.2 Å². The van der Waals surface area contributed by atoms with E-state index in [0.29, 0.717) is 6.67 Å². The maximum absolute atomic E-state index is 12.4. The van der Waals surface area contributed by atoms with E-state index in [2.05, 4.69) is 3.63 Å². The van der Waals surface area contributed by atoms with E-state index in [4.69, 9.17) is 0 Å². The van der Waals surface area contributed by atoms with Gasteiger partial charge < -0.3 is 9.80 Å². The van der Waals surface area contributed by atoms with Gasteiger partial charge in [0.15, 0.2) is 5.37 Å². The van der Waals surface area contributed by atoms with Crippen LogP contribution in [0.1, 0.15) is 18.9 Å². The summed E-state index contributed by atoms with van der Waals surface area (Å²) < 4.78 is 53.9. The lowest BCUT2D eigenvalue weighted by Gasteiger charge is -2.26. The van der Waals surface area contributed by atoms with Crippen LogP contribution in [0.5, 0.6) is 0 Å². The van der Waals surface area contributed by atoms with Crippen molar-refractivity contribution >= 4 is 20.2 Å². The first-order valence-electron chi connectivity index (χ1n) is 7.06. The van der Waals surface area contributed by atoms with Crippen LogP contribution in [-0.2, 0) is 23.9 Å². The van der Waals surface area contributed by atoms with Gasteiger partial charge in [-0.05, 0) is 25.5 Å². The Morgan fingerprint density at radius 3 is 2.22 bits per heavy atom. The molecule has 7 nitrogen and oxygen atoms in total. The third-order valence-electron chi connectivity index (χ3n) is 3.45. The van der Waals surface area contributed by atoms with Crippen LogP contribution in [-0.4, -0.2) is 45.7 Å². The van der Waals surface area contributed by atoms with Gasteiger partial charge in [0.25, 0.3) is 0 Å². The second kappa shape index (κ2) is 6.50. The van der Waals surface area contributed by atoms with Crippen LogP contribution >= 0.6 is 0 Å². The molecule has 1 heterocycles. The van der Waals surface area contributed by atoms with E-state index >= 15 is 0 Å². The number of benzene rings is 1. The average molecular weight is 360 g/mol. The second-order valence-electron chi connectivity index (χ2n) is 5.40. The molecule has 0 saturated heterocycles. The topological polar surface area (TPSA) is 84.0 Å². The highest BCUT2D eigenvalue weighted by Crippen LogP contribution is 2.23. The maximum atomic E-state index is 12.4. The third kappa shape index (κ3) is 4.04. The molecule has 0 aromatic heterocycles. The molecule has 23 heavy (non-hydrogen) atoms. The number of hydrogen-bond acceptors (Lipinski definition) is 7. The van der Waals surface area contributed by atoms with Gasteiger partial charge >= 0.3 is 20.2 Å². The first kappa shape index (κ1) is 17.8. The number of aryl methyl sites for hydroxylation is 1. The van der Waals surface area contributed by atoms with Crippen molar-refractivity contribution in [2.75, 3.05) is 13.7 Å². The van der Waals surface area contributed by atoms with E-state index in [9.17, 15) is 16.8 Å². The number of hydrogen-bond donors (Lipinski definition) is 0. The molecule has 0 aliphatic carbocycles. The fourth-order valence-electron chi connectivity index (χ4n) is 2.26. The van der Waals surface area contributed by atoms with Crippen molar-refractivity contribution in [1.82, 2.24) is 9.80 Å². The van der Waals surface area contributed by atoms with E-state index in [0.717, 1.165) is 5.56 Å². The predicted molar refractivity (Wildman–Crippen MR) is 86.1 cm³/mol. The summed E-state index contributed by atoms with van der Waals surface area (Å²) in [5.74, 6) is 0. The van der Waals surface area contributed by atoms with Crippen LogP contribution in [0.25, 0.3) is 0 Å². The zero-order valence-electron chi connectivity index (χ0n) is 13.2. The Balaban J connectivity index is 2.25. The summed E-state index contributed by atoms with van der Waals surface area (Å²) in [4.78, 5) is 3.13. The lowest BCUT2D eigenvalue weighted by atomic mass is 10.2. The summed E-state index contributed by atoms with van der Waals surface area (Å²) in [6, 6.07) is 5.81. The van der Waals surface area contributed by atoms with Crippen LogP contribution in [0.15, 0.2) is 41.6 Å². The van der Waals surface area contributed by atoms with Crippen molar-refractivity contribution < 1.29 is 20.5 Å². The quantitative estimate of drug-likeness (QED) is 0.759. The molecule has 1 atom stereocenters. The van der Waals surface area contributed by atoms with Crippen molar-refractivity contribution in [3.63, 3.8) is 0 Å². The Kier molecular flexibility index (Phi) is 5.02. The summed E-state index contributed by atoms with van der Waals surface area (Å²) in [5.41, 5.74) is 0.864. The van der Waals surface area contributed by atoms with Gasteiger partial charge in [-0.15, -0.1) is 3.63 Å². The molecule has 0 fully saturated rings. The molecule has 0 amide bonds. The van der Waals surface area contributed by atoms with Crippen LogP contribution in [0.2, 0.25) is 0 Å². The van der Waals surface area contributed by atoms with Gasteiger partial charge in [0.05, 0.1) is 11.6 Å². The van der Waals surface area contributed by atoms with Crippen molar-refractivity contribution in [1.29, 1.82) is 0 Å². The van der Waals surface area contributed by atoms with Gasteiger partial charge in [0.2, 0.25) is 0 Å². The fraction of sp³-hybridized carbons (Fsp3) is 0.429. The Morgan fingerprint density at radius 1 is 1.13 bits per heavy atom. The number of rotatable bonds is 6. The molecule has 1 aromatic rings. The van der Waals surface area contributed by atoms with Crippen molar-refractivity contribution in [2.24, 2.45) is 0 Å². The summed E-state index contributed by atoms with van der Waals surface area (Å²) in [5, 5.41) is -1.07. The molecule has 1 aliphatic heterocycles. The van der Waals surface area contributed by atoms with Gasteiger partial charge in [-0.25, -0.2) is 0 Å². The summed E-state index contributed by atoms with van der Waals surface area (Å²) in [6.45, 7) is 3.82. The minimum absolute atomic E-state index is 0.185. The summed E-state index contributed by atoms with van der Waals surface area (Å²) in [6.07, 6.45) is 3.52. The minimum atomic E-state index is -4.39. The molecule has 0 spiro atoms. The molecule has 2 rings (SSSR count). The molecule has 1 aliphatic rings. The van der Waals surface area contributed by atoms with Gasteiger partial charge in [-0.3, -0.25) is 0 Å². The molecule has 128 valence electrons. The molecule has 0 saturated carbocycles. The van der Waals surface area contributed by atoms with Gasteiger partial charge in [0, 0.05) is 19.4 Å². The van der Waals surface area contributed by atoms with E-state index in [-0.39, 0.29) is 11.3 Å². The lowest BCUT2D eigenvalue weighted by molar-refractivity contribution is 0.262. The molecule has 0 bridgehead atoms. The zero-order chi connectivity index (χ0) is 17.3. The van der Waals surface area contributed by atoms with E-state index in [1.807, 2.05) is 0 Å². The van der Waals surface area contributed by atoms with Gasteiger partial charge in [-0.1, -0.05) is 24.6 Å². The summed E-state index contributed by atoms with van der Waals surface area (Å²) in [7, 11) is -6.93. The van der Waals surface area contributed by atoms with Crippen LogP contribution in [0.4, 0.5) is 0 Å². The van der Waals surface area contributed by atoms with E-state index in [1.165, 1.54) is 17.0 Å². The highest BCUT2D eigenvalue weighted by Gasteiger charge is 2.36. The SMILES string of the molecule is CCC(N1C=CN(C)C1)S(=O)(=O)OS(=O)(=O)c1ccc(C)cc1. The maximum Gasteiger partial charge on any atom is 0.311 e. The van der Waals surface area contributed by atoms with Gasteiger partial charge in [0.1, 0.15) is 0 Å². The van der Waals surface area contributed by atoms with E-state index < -0.39 is 25.6 Å². The normalized spacial score (nSPS) is 16.8. The van der Waals surface area contributed by atoms with Crippen molar-refractivity contribution in [2.45, 2.75) is 30.5 Å². The molecule has 0 N–H and O–H groups in total. The first-order chi connectivity index (χ1) is 10.7. The smallest absolute Gasteiger partial charge is 0.311 e. The first-order valence-corrected chi connectivity index (χ1v) is 9.94. The summed E-state index contributed by atoms with van der Waals surface area (Å²) >= 11 is 0. The minimum Gasteiger partial charge on any atom is -0.362 e. The molecule has 0 radical (unpaired) electrons. The Hall–Kier alpha value is -1.58. The molecule has 1 unspecified atom stereocenters. The monoisotopic (exact) mass is 360 g/mol. The Labute approximate surface area is 137 Å². The Morgan fingerprint density at radius 2 is 1.74 bits per heavy atom. The number of nitrogens with zero attached hydrogens (tertiary/aromatic N) is 2. The second-order valence-corrected chi connectivity index (χ2v) is 8.86. The average Bonchev–Trinajstić information content (AvgIpc) is 2.84. The standard InChI is InChI=1S/C14H20N2O5S2/c1-4-14(16-10-9-15(3)11-16)23(19,20)21-22(17,18)13-7-5-12(2)6-8-13/h5-10,14H,4,11H2,1-3H3.